The van der Waals surface area contributed by atoms with Gasteiger partial charge in [-0.15, -0.1) is 0 Å². The molecule has 3 rings (SSSR count). The van der Waals surface area contributed by atoms with Gasteiger partial charge >= 0.3 is 0 Å². The normalized spacial score (nSPS) is 12.1. The molecule has 0 aliphatic rings. The number of pyridine rings is 1. The van der Waals surface area contributed by atoms with Crippen LogP contribution < -0.4 is 5.73 Å². The number of amides is 1. The predicted octanol–water partition coefficient (Wildman–Crippen LogP) is 3.33. The van der Waals surface area contributed by atoms with Crippen LogP contribution in [-0.2, 0) is 0 Å². The summed E-state index contributed by atoms with van der Waals surface area (Å²) in [5, 5.41) is 5.18. The lowest BCUT2D eigenvalue weighted by molar-refractivity contribution is 0.0742. The first-order valence-electron chi connectivity index (χ1n) is 9.11. The summed E-state index contributed by atoms with van der Waals surface area (Å²) in [6, 6.07) is 5.54. The highest BCUT2D eigenvalue weighted by Crippen LogP contribution is 2.28. The number of carbonyl (C=O) groups is 1. The lowest BCUT2D eigenvalue weighted by atomic mass is 9.93. The van der Waals surface area contributed by atoms with Gasteiger partial charge < -0.3 is 15.1 Å². The van der Waals surface area contributed by atoms with E-state index in [1.165, 1.54) is 0 Å². The molecule has 0 spiro atoms. The monoisotopic (exact) mass is 369 g/mol. The van der Waals surface area contributed by atoms with E-state index in [0.29, 0.717) is 35.8 Å². The Morgan fingerprint density at radius 2 is 2.15 bits per heavy atom. The average molecular weight is 369 g/mol. The van der Waals surface area contributed by atoms with Crippen LogP contribution in [0, 0.1) is 5.41 Å². The molecule has 0 aliphatic carbocycles. The zero-order chi connectivity index (χ0) is 19.8. The van der Waals surface area contributed by atoms with Crippen molar-refractivity contribution in [1.82, 2.24) is 19.7 Å². The zero-order valence-electron chi connectivity index (χ0n) is 16.6. The summed E-state index contributed by atoms with van der Waals surface area (Å²) in [5.74, 6) is 0.535. The molecule has 0 aliphatic heterocycles. The highest BCUT2D eigenvalue weighted by atomic mass is 16.3. The van der Waals surface area contributed by atoms with Crippen LogP contribution >= 0.6 is 0 Å². The van der Waals surface area contributed by atoms with E-state index in [2.05, 4.69) is 5.10 Å². The first-order valence-corrected chi connectivity index (χ1v) is 9.11. The van der Waals surface area contributed by atoms with Gasteiger partial charge in [0.1, 0.15) is 5.69 Å². The Labute approximate surface area is 159 Å². The molecule has 0 fully saturated rings. The van der Waals surface area contributed by atoms with E-state index in [1.54, 1.807) is 36.5 Å². The molecule has 144 valence electrons. The van der Waals surface area contributed by atoms with Gasteiger partial charge in [0, 0.05) is 19.6 Å². The summed E-state index contributed by atoms with van der Waals surface area (Å²) >= 11 is 0. The van der Waals surface area contributed by atoms with E-state index >= 15 is 0 Å². The molecular formula is C20H27N5O2. The standard InChI is InChI=1S/C20H27N5O2/c1-13(2)25-18-15(10-22-25)14(9-16(23-18)17-7-6-8-27-17)19(26)24(5)12-20(3,4)11-21/h6-10,13H,11-12,21H2,1-5H3. The van der Waals surface area contributed by atoms with Crippen molar-refractivity contribution in [2.75, 3.05) is 20.1 Å². The first kappa shape index (κ1) is 19.1. The van der Waals surface area contributed by atoms with Crippen molar-refractivity contribution in [2.24, 2.45) is 11.1 Å². The van der Waals surface area contributed by atoms with Gasteiger partial charge in [0.2, 0.25) is 0 Å². The number of carbonyl (C=O) groups excluding carboxylic acids is 1. The van der Waals surface area contributed by atoms with Crippen molar-refractivity contribution in [2.45, 2.75) is 33.7 Å². The zero-order valence-corrected chi connectivity index (χ0v) is 16.6. The van der Waals surface area contributed by atoms with Gasteiger partial charge in [-0.3, -0.25) is 4.79 Å². The van der Waals surface area contributed by atoms with Gasteiger partial charge in [-0.1, -0.05) is 13.8 Å². The van der Waals surface area contributed by atoms with E-state index in [9.17, 15) is 4.79 Å². The Bertz CT molecular complexity index is 941. The largest absolute Gasteiger partial charge is 0.463 e. The van der Waals surface area contributed by atoms with Crippen LogP contribution in [0.5, 0.6) is 0 Å². The molecule has 7 heteroatoms. The van der Waals surface area contributed by atoms with E-state index in [-0.39, 0.29) is 17.4 Å². The summed E-state index contributed by atoms with van der Waals surface area (Å²) in [6.45, 7) is 9.21. The fourth-order valence-electron chi connectivity index (χ4n) is 3.11. The van der Waals surface area contributed by atoms with Gasteiger partial charge in [-0.25, -0.2) is 9.67 Å². The van der Waals surface area contributed by atoms with E-state index in [1.807, 2.05) is 38.4 Å². The van der Waals surface area contributed by atoms with Gasteiger partial charge in [-0.2, -0.15) is 5.10 Å². The van der Waals surface area contributed by atoms with Crippen molar-refractivity contribution >= 4 is 16.9 Å². The van der Waals surface area contributed by atoms with Gasteiger partial charge in [0.15, 0.2) is 11.4 Å². The lowest BCUT2D eigenvalue weighted by Gasteiger charge is -2.29. The maximum absolute atomic E-state index is 13.2. The second-order valence-electron chi connectivity index (χ2n) is 7.98. The van der Waals surface area contributed by atoms with Gasteiger partial charge in [0.05, 0.1) is 23.4 Å². The lowest BCUT2D eigenvalue weighted by Crippen LogP contribution is -2.39. The van der Waals surface area contributed by atoms with Crippen molar-refractivity contribution < 1.29 is 9.21 Å². The molecular weight excluding hydrogens is 342 g/mol. The van der Waals surface area contributed by atoms with Gasteiger partial charge in [0.25, 0.3) is 5.91 Å². The van der Waals surface area contributed by atoms with Crippen molar-refractivity contribution in [3.05, 3.63) is 36.2 Å². The number of fused-ring (bicyclic) bond motifs is 1. The molecule has 7 nitrogen and oxygen atoms in total. The Hall–Kier alpha value is -2.67. The summed E-state index contributed by atoms with van der Waals surface area (Å²) in [6.07, 6.45) is 3.31. The van der Waals surface area contributed by atoms with Crippen LogP contribution in [0.25, 0.3) is 22.5 Å². The Morgan fingerprint density at radius 1 is 1.41 bits per heavy atom. The maximum Gasteiger partial charge on any atom is 0.254 e. The quantitative estimate of drug-likeness (QED) is 0.720. The van der Waals surface area contributed by atoms with Gasteiger partial charge in [-0.05, 0) is 44.0 Å². The molecule has 0 saturated carbocycles. The smallest absolute Gasteiger partial charge is 0.254 e. The van der Waals surface area contributed by atoms with Crippen molar-refractivity contribution in [1.29, 1.82) is 0 Å². The third kappa shape index (κ3) is 3.73. The molecule has 3 aromatic rings. The molecule has 3 aromatic heterocycles. The molecule has 0 bridgehead atoms. The SMILES string of the molecule is CC(C)n1ncc2c(C(=O)N(C)CC(C)(C)CN)cc(-c3ccco3)nc21. The van der Waals surface area contributed by atoms with Crippen LogP contribution in [-0.4, -0.2) is 45.7 Å². The molecule has 2 N–H and O–H groups in total. The van der Waals surface area contributed by atoms with Crippen molar-refractivity contribution in [3.63, 3.8) is 0 Å². The molecule has 3 heterocycles. The number of hydrogen-bond donors (Lipinski definition) is 1. The Kier molecular flexibility index (Phi) is 5.06. The third-order valence-electron chi connectivity index (χ3n) is 4.62. The van der Waals surface area contributed by atoms with E-state index in [4.69, 9.17) is 15.1 Å². The van der Waals surface area contributed by atoms with Crippen LogP contribution in [0.15, 0.2) is 35.1 Å². The van der Waals surface area contributed by atoms with Crippen LogP contribution in [0.4, 0.5) is 0 Å². The second kappa shape index (κ2) is 7.15. The molecule has 0 atom stereocenters. The van der Waals surface area contributed by atoms with Crippen LogP contribution in [0.2, 0.25) is 0 Å². The van der Waals surface area contributed by atoms with Crippen LogP contribution in [0.3, 0.4) is 0 Å². The fourth-order valence-corrected chi connectivity index (χ4v) is 3.11. The molecule has 0 saturated heterocycles. The summed E-state index contributed by atoms with van der Waals surface area (Å²) in [4.78, 5) is 19.7. The fraction of sp³-hybridized carbons (Fsp3) is 0.450. The highest BCUT2D eigenvalue weighted by Gasteiger charge is 2.25. The van der Waals surface area contributed by atoms with Crippen molar-refractivity contribution in [3.8, 4) is 11.5 Å². The second-order valence-corrected chi connectivity index (χ2v) is 7.98. The maximum atomic E-state index is 13.2. The minimum atomic E-state index is -0.164. The van der Waals surface area contributed by atoms with E-state index < -0.39 is 0 Å². The number of aromatic nitrogens is 3. The molecule has 1 amide bonds. The Balaban J connectivity index is 2.12. The first-order chi connectivity index (χ1) is 12.7. The predicted molar refractivity (Wildman–Crippen MR) is 105 cm³/mol. The summed E-state index contributed by atoms with van der Waals surface area (Å²) < 4.78 is 7.33. The van der Waals surface area contributed by atoms with Crippen LogP contribution in [0.1, 0.15) is 44.1 Å². The highest BCUT2D eigenvalue weighted by molar-refractivity contribution is 6.06. The number of hydrogen-bond acceptors (Lipinski definition) is 5. The molecule has 0 aromatic carbocycles. The van der Waals surface area contributed by atoms with E-state index in [0.717, 1.165) is 5.39 Å². The summed E-state index contributed by atoms with van der Waals surface area (Å²) in [5.41, 5.74) is 7.52. The number of furan rings is 1. The molecule has 0 radical (unpaired) electrons. The average Bonchev–Trinajstić information content (AvgIpc) is 3.29. The third-order valence-corrected chi connectivity index (χ3v) is 4.62. The molecule has 27 heavy (non-hydrogen) atoms. The minimum Gasteiger partial charge on any atom is -0.463 e. The number of nitrogens with zero attached hydrogens (tertiary/aromatic N) is 4. The molecule has 0 unspecified atom stereocenters. The Morgan fingerprint density at radius 3 is 2.74 bits per heavy atom. The number of nitrogens with two attached hydrogens (primary N) is 1. The summed E-state index contributed by atoms with van der Waals surface area (Å²) in [7, 11) is 1.80. The minimum absolute atomic E-state index is 0.0833. The number of rotatable bonds is 6. The topological polar surface area (TPSA) is 90.2 Å².